The van der Waals surface area contributed by atoms with Gasteiger partial charge in [-0.1, -0.05) is 19.6 Å². The topological polar surface area (TPSA) is 110 Å². The molecule has 5 aromatic rings. The van der Waals surface area contributed by atoms with Gasteiger partial charge in [-0.15, -0.1) is 0 Å². The Morgan fingerprint density at radius 1 is 1.20 bits per heavy atom. The molecule has 1 N–H and O–H groups in total. The zero-order chi connectivity index (χ0) is 28.5. The predicted molar refractivity (Wildman–Crippen MR) is 152 cm³/mol. The lowest BCUT2D eigenvalue weighted by molar-refractivity contribution is -0.126. The van der Waals surface area contributed by atoms with Gasteiger partial charge in [0.1, 0.15) is 29.7 Å². The number of rotatable bonds is 8. The van der Waals surface area contributed by atoms with Crippen LogP contribution in [0.1, 0.15) is 36.9 Å². The molecule has 1 aromatic carbocycles. The Kier molecular flexibility index (Phi) is 6.84. The van der Waals surface area contributed by atoms with Gasteiger partial charge < -0.3 is 15.0 Å². The van der Waals surface area contributed by atoms with Gasteiger partial charge in [0.2, 0.25) is 5.91 Å². The van der Waals surface area contributed by atoms with E-state index in [4.69, 9.17) is 9.72 Å². The van der Waals surface area contributed by atoms with Crippen LogP contribution in [0, 0.1) is 12.7 Å². The number of hydrogen-bond acceptors (Lipinski definition) is 8. The molecule has 4 aromatic heterocycles. The van der Waals surface area contributed by atoms with Crippen LogP contribution in [-0.4, -0.2) is 46.9 Å². The number of carbonyl (C=O) groups is 1. The van der Waals surface area contributed by atoms with Gasteiger partial charge in [0.05, 0.1) is 11.2 Å². The summed E-state index contributed by atoms with van der Waals surface area (Å²) in [6, 6.07) is 10.6. The second-order valence-electron chi connectivity index (χ2n) is 9.65. The average Bonchev–Trinajstić information content (AvgIpc) is 3.45. The fourth-order valence-electron chi connectivity index (χ4n) is 4.77. The highest BCUT2D eigenvalue weighted by molar-refractivity contribution is 5.89. The number of amides is 1. The zero-order valence-electron chi connectivity index (χ0n) is 22.6. The van der Waals surface area contributed by atoms with Crippen LogP contribution in [0.5, 0.6) is 11.5 Å². The molecule has 1 aliphatic heterocycles. The summed E-state index contributed by atoms with van der Waals surface area (Å²) in [6.45, 7) is 7.99. The van der Waals surface area contributed by atoms with Gasteiger partial charge in [-0.05, 0) is 49.8 Å². The number of fused-ring (bicyclic) bond motifs is 2. The third-order valence-electron chi connectivity index (χ3n) is 7.17. The molecule has 1 saturated heterocycles. The normalized spacial score (nSPS) is 14.7. The van der Waals surface area contributed by atoms with Crippen molar-refractivity contribution < 1.29 is 13.9 Å². The molecule has 5 heterocycles. The molecule has 0 aliphatic carbocycles. The molecule has 0 saturated carbocycles. The second kappa shape index (κ2) is 10.8. The van der Waals surface area contributed by atoms with Crippen LogP contribution in [0.2, 0.25) is 0 Å². The van der Waals surface area contributed by atoms with Crippen LogP contribution in [0.4, 0.5) is 15.9 Å². The minimum absolute atomic E-state index is 0.0183. The average molecular weight is 551 g/mol. The molecule has 10 nitrogen and oxygen atoms in total. The Bertz CT molecular complexity index is 1830. The summed E-state index contributed by atoms with van der Waals surface area (Å²) in [6.07, 6.45) is 9.62. The Balaban J connectivity index is 1.28. The van der Waals surface area contributed by atoms with E-state index in [1.165, 1.54) is 18.7 Å². The van der Waals surface area contributed by atoms with Crippen LogP contribution >= 0.6 is 0 Å². The zero-order valence-corrected chi connectivity index (χ0v) is 22.6. The highest BCUT2D eigenvalue weighted by Gasteiger charge is 2.26. The van der Waals surface area contributed by atoms with Crippen LogP contribution in [0.15, 0.2) is 79.7 Å². The van der Waals surface area contributed by atoms with E-state index < -0.39 is 5.82 Å². The Morgan fingerprint density at radius 3 is 2.85 bits per heavy atom. The smallest absolute Gasteiger partial charge is 0.250 e. The monoisotopic (exact) mass is 550 g/mol. The number of carbonyl (C=O) groups excluding carboxylic acids is 1. The molecule has 1 aliphatic rings. The van der Waals surface area contributed by atoms with E-state index in [9.17, 15) is 4.79 Å². The standard InChI is InChI=1S/C30H27FN8O2/c1-4-19(14-20-10-12-38(20)27(40)5-2)22-6-7-24-29(36-22)30(34-16-32-24)37-23-8-9-25(18(3)28(23)31)41-21-11-13-39-26(15-21)33-17-35-39/h5-9,11,13-17,19H,2,4,10,12H2,1,3H3,(H,32,34,37)/b20-14+/t19-/m1/s1. The van der Waals surface area contributed by atoms with E-state index in [1.807, 2.05) is 12.1 Å². The van der Waals surface area contributed by atoms with Gasteiger partial charge >= 0.3 is 0 Å². The summed E-state index contributed by atoms with van der Waals surface area (Å²) >= 11 is 0. The summed E-state index contributed by atoms with van der Waals surface area (Å²) in [5.74, 6) is 0.692. The maximum absolute atomic E-state index is 15.6. The summed E-state index contributed by atoms with van der Waals surface area (Å²) in [5, 5.41) is 7.17. The Morgan fingerprint density at radius 2 is 2.07 bits per heavy atom. The maximum atomic E-state index is 15.6. The van der Waals surface area contributed by atoms with Crippen LogP contribution < -0.4 is 10.1 Å². The molecule has 6 rings (SSSR count). The summed E-state index contributed by atoms with van der Waals surface area (Å²) in [4.78, 5) is 31.5. The third kappa shape index (κ3) is 4.97. The highest BCUT2D eigenvalue weighted by Crippen LogP contribution is 2.34. The number of ether oxygens (including phenoxy) is 1. The van der Waals surface area contributed by atoms with E-state index in [-0.39, 0.29) is 17.5 Å². The third-order valence-corrected chi connectivity index (χ3v) is 7.17. The number of anilines is 2. The van der Waals surface area contributed by atoms with Crippen molar-refractivity contribution in [1.29, 1.82) is 0 Å². The first kappa shape index (κ1) is 26.1. The van der Waals surface area contributed by atoms with E-state index in [0.29, 0.717) is 46.1 Å². The van der Waals surface area contributed by atoms with Gasteiger partial charge in [-0.3, -0.25) is 4.79 Å². The molecule has 0 bridgehead atoms. The van der Waals surface area contributed by atoms with Crippen molar-refractivity contribution in [1.82, 2.24) is 34.4 Å². The molecule has 206 valence electrons. The second-order valence-corrected chi connectivity index (χ2v) is 9.65. The number of halogens is 1. The summed E-state index contributed by atoms with van der Waals surface area (Å²) in [5.41, 5.74) is 4.12. The fourth-order valence-corrected chi connectivity index (χ4v) is 4.77. The first-order chi connectivity index (χ1) is 19.9. The quantitative estimate of drug-likeness (QED) is 0.240. The summed E-state index contributed by atoms with van der Waals surface area (Å²) in [7, 11) is 0. The van der Waals surface area contributed by atoms with Crippen molar-refractivity contribution in [3.05, 3.63) is 96.8 Å². The maximum Gasteiger partial charge on any atom is 0.250 e. The van der Waals surface area contributed by atoms with Crippen molar-refractivity contribution in [2.75, 3.05) is 11.9 Å². The lowest BCUT2D eigenvalue weighted by atomic mass is 9.96. The summed E-state index contributed by atoms with van der Waals surface area (Å²) < 4.78 is 23.1. The molecular weight excluding hydrogens is 523 g/mol. The molecule has 41 heavy (non-hydrogen) atoms. The first-order valence-corrected chi connectivity index (χ1v) is 13.2. The molecule has 0 spiro atoms. The van der Waals surface area contributed by atoms with E-state index in [2.05, 4.69) is 44.9 Å². The van der Waals surface area contributed by atoms with Gasteiger partial charge in [-0.2, -0.15) is 5.10 Å². The first-order valence-electron chi connectivity index (χ1n) is 13.2. The fraction of sp³-hybridized carbons (Fsp3) is 0.200. The minimum Gasteiger partial charge on any atom is -0.457 e. The van der Waals surface area contributed by atoms with Crippen LogP contribution in [0.3, 0.4) is 0 Å². The van der Waals surface area contributed by atoms with E-state index in [0.717, 1.165) is 24.2 Å². The molecule has 1 fully saturated rings. The van der Waals surface area contributed by atoms with Crippen molar-refractivity contribution in [2.24, 2.45) is 0 Å². The number of allylic oxidation sites excluding steroid dienone is 1. The molecule has 1 amide bonds. The van der Waals surface area contributed by atoms with E-state index >= 15 is 4.39 Å². The Labute approximate surface area is 235 Å². The van der Waals surface area contributed by atoms with E-state index in [1.54, 1.807) is 46.8 Å². The number of aromatic nitrogens is 6. The van der Waals surface area contributed by atoms with Crippen LogP contribution in [0.25, 0.3) is 16.7 Å². The van der Waals surface area contributed by atoms with Crippen molar-refractivity contribution in [2.45, 2.75) is 32.6 Å². The highest BCUT2D eigenvalue weighted by atomic mass is 19.1. The van der Waals surface area contributed by atoms with Crippen molar-refractivity contribution in [3.8, 4) is 11.5 Å². The number of pyridine rings is 2. The lowest BCUT2D eigenvalue weighted by Gasteiger charge is -2.34. The predicted octanol–water partition coefficient (Wildman–Crippen LogP) is 5.85. The largest absolute Gasteiger partial charge is 0.457 e. The number of nitrogens with zero attached hydrogens (tertiary/aromatic N) is 7. The van der Waals surface area contributed by atoms with Crippen molar-refractivity contribution in [3.63, 3.8) is 0 Å². The minimum atomic E-state index is -0.470. The Hall–Kier alpha value is -5.19. The SMILES string of the molecule is C=CC(=O)N1CC/C1=C\[C@@H](CC)c1ccc2ncnc(Nc3ccc(Oc4ccn5ncnc5c4)c(C)c3F)c2n1. The molecular formula is C30H27FN8O2. The van der Waals surface area contributed by atoms with Gasteiger partial charge in [0.15, 0.2) is 17.3 Å². The van der Waals surface area contributed by atoms with Crippen LogP contribution in [-0.2, 0) is 4.79 Å². The van der Waals surface area contributed by atoms with Gasteiger partial charge in [0, 0.05) is 48.1 Å². The number of hydrogen-bond donors (Lipinski definition) is 1. The number of likely N-dealkylation sites (tertiary alicyclic amines) is 1. The van der Waals surface area contributed by atoms with Crippen molar-refractivity contribution >= 4 is 34.1 Å². The molecule has 1 atom stereocenters. The number of nitrogens with one attached hydrogen (secondary N) is 1. The number of benzene rings is 1. The lowest BCUT2D eigenvalue weighted by Crippen LogP contribution is -2.39. The van der Waals surface area contributed by atoms with Gasteiger partial charge in [-0.25, -0.2) is 28.8 Å². The van der Waals surface area contributed by atoms with Gasteiger partial charge in [0.25, 0.3) is 0 Å². The molecule has 11 heteroatoms. The molecule has 0 unspecified atom stereocenters. The molecule has 0 radical (unpaired) electrons.